The second-order valence-corrected chi connectivity index (χ2v) is 7.50. The van der Waals surface area contributed by atoms with Crippen LogP contribution in [0.3, 0.4) is 0 Å². The Morgan fingerprint density at radius 2 is 2.00 bits per heavy atom. The first-order chi connectivity index (χ1) is 9.85. The van der Waals surface area contributed by atoms with Gasteiger partial charge in [0.05, 0.1) is 6.10 Å². The van der Waals surface area contributed by atoms with Gasteiger partial charge in [0.2, 0.25) is 0 Å². The summed E-state index contributed by atoms with van der Waals surface area (Å²) in [5, 5.41) is 3.43. The number of hydrogen-bond donors (Lipinski definition) is 1. The third kappa shape index (κ3) is 5.15. The lowest BCUT2D eigenvalue weighted by Gasteiger charge is -2.33. The number of rotatable bonds is 6. The molecule has 3 nitrogen and oxygen atoms in total. The summed E-state index contributed by atoms with van der Waals surface area (Å²) in [6.45, 7) is 12.5. The van der Waals surface area contributed by atoms with Crippen LogP contribution >= 0.6 is 0 Å². The van der Waals surface area contributed by atoms with Gasteiger partial charge in [-0.1, -0.05) is 27.7 Å². The average Bonchev–Trinajstić information content (AvgIpc) is 2.76. The van der Waals surface area contributed by atoms with E-state index in [-0.39, 0.29) is 0 Å². The molecule has 0 radical (unpaired) electrons. The summed E-state index contributed by atoms with van der Waals surface area (Å²) < 4.78 is 11.9. The van der Waals surface area contributed by atoms with E-state index in [0.717, 1.165) is 18.1 Å². The molecular weight excluding hydrogens is 262 g/mol. The number of aryl methyl sites for hydroxylation is 1. The van der Waals surface area contributed by atoms with Crippen molar-refractivity contribution in [2.75, 3.05) is 0 Å². The van der Waals surface area contributed by atoms with Crippen LogP contribution in [0.25, 0.3) is 0 Å². The van der Waals surface area contributed by atoms with Crippen molar-refractivity contribution in [2.24, 2.45) is 5.41 Å². The third-order valence-corrected chi connectivity index (χ3v) is 4.52. The van der Waals surface area contributed by atoms with E-state index in [9.17, 15) is 0 Å². The van der Waals surface area contributed by atoms with Crippen molar-refractivity contribution in [3.63, 3.8) is 0 Å². The van der Waals surface area contributed by atoms with E-state index in [1.165, 1.54) is 31.2 Å². The lowest BCUT2D eigenvalue weighted by atomic mass is 9.76. The molecule has 1 aromatic rings. The Morgan fingerprint density at radius 3 is 2.62 bits per heavy atom. The number of hydrogen-bond acceptors (Lipinski definition) is 3. The molecule has 0 amide bonds. The maximum Gasteiger partial charge on any atom is 0.130 e. The van der Waals surface area contributed by atoms with Crippen LogP contribution in [-0.4, -0.2) is 12.1 Å². The van der Waals surface area contributed by atoms with Crippen molar-refractivity contribution in [3.05, 3.63) is 23.2 Å². The van der Waals surface area contributed by atoms with Crippen LogP contribution in [0.2, 0.25) is 0 Å². The summed E-state index contributed by atoms with van der Waals surface area (Å²) in [6.07, 6.45) is 5.28. The largest absolute Gasteiger partial charge is 0.464 e. The third-order valence-electron chi connectivity index (χ3n) is 4.52. The summed E-state index contributed by atoms with van der Waals surface area (Å²) in [5.41, 5.74) is 1.74. The van der Waals surface area contributed by atoms with Gasteiger partial charge < -0.3 is 14.5 Å². The monoisotopic (exact) mass is 293 g/mol. The van der Waals surface area contributed by atoms with E-state index in [1.54, 1.807) is 0 Å². The minimum absolute atomic E-state index is 0.403. The topological polar surface area (TPSA) is 34.4 Å². The Balaban J connectivity index is 1.80. The maximum absolute atomic E-state index is 6.04. The van der Waals surface area contributed by atoms with Crippen LogP contribution in [0.1, 0.15) is 70.5 Å². The van der Waals surface area contributed by atoms with Crippen LogP contribution in [0.4, 0.5) is 0 Å². The van der Waals surface area contributed by atoms with Crippen molar-refractivity contribution >= 4 is 0 Å². The van der Waals surface area contributed by atoms with Crippen molar-refractivity contribution in [1.29, 1.82) is 0 Å². The summed E-state index contributed by atoms with van der Waals surface area (Å²) in [5.74, 6) is 1.96. The molecule has 1 heterocycles. The van der Waals surface area contributed by atoms with Gasteiger partial charge in [0.25, 0.3) is 0 Å². The molecule has 0 bridgehead atoms. The van der Waals surface area contributed by atoms with Gasteiger partial charge in [-0.05, 0) is 44.1 Å². The van der Waals surface area contributed by atoms with E-state index < -0.39 is 0 Å². The fourth-order valence-electron chi connectivity index (χ4n) is 2.89. The SMILES string of the molecule is Cc1oc(COC2CCC(C)(C)CC2)cc1CNC(C)C. The van der Waals surface area contributed by atoms with E-state index in [2.05, 4.69) is 39.1 Å². The minimum Gasteiger partial charge on any atom is -0.464 e. The molecule has 0 saturated heterocycles. The van der Waals surface area contributed by atoms with Crippen molar-refractivity contribution in [3.8, 4) is 0 Å². The van der Waals surface area contributed by atoms with Crippen molar-refractivity contribution in [1.82, 2.24) is 5.32 Å². The fourth-order valence-corrected chi connectivity index (χ4v) is 2.89. The highest BCUT2D eigenvalue weighted by atomic mass is 16.5. The highest BCUT2D eigenvalue weighted by molar-refractivity contribution is 5.20. The zero-order valence-electron chi connectivity index (χ0n) is 14.3. The summed E-state index contributed by atoms with van der Waals surface area (Å²) in [7, 11) is 0. The van der Waals surface area contributed by atoms with Crippen LogP contribution in [0.5, 0.6) is 0 Å². The lowest BCUT2D eigenvalue weighted by Crippen LogP contribution is -2.26. The first-order valence-electron chi connectivity index (χ1n) is 8.29. The molecule has 1 fully saturated rings. The molecule has 1 aliphatic rings. The number of ether oxygens (including phenoxy) is 1. The molecule has 1 aromatic heterocycles. The molecule has 0 atom stereocenters. The molecule has 2 rings (SSSR count). The Labute approximate surface area is 129 Å². The lowest BCUT2D eigenvalue weighted by molar-refractivity contribution is -0.0122. The normalized spacial score (nSPS) is 19.3. The first-order valence-corrected chi connectivity index (χ1v) is 8.29. The molecule has 0 spiro atoms. The van der Waals surface area contributed by atoms with Gasteiger partial charge in [-0.2, -0.15) is 0 Å². The second kappa shape index (κ2) is 6.97. The summed E-state index contributed by atoms with van der Waals surface area (Å²) >= 11 is 0. The summed E-state index contributed by atoms with van der Waals surface area (Å²) in [4.78, 5) is 0. The molecule has 1 aliphatic carbocycles. The number of nitrogens with one attached hydrogen (secondary N) is 1. The second-order valence-electron chi connectivity index (χ2n) is 7.50. The standard InChI is InChI=1S/C18H31NO2/c1-13(2)19-11-15-10-17(21-14(15)3)12-20-16-6-8-18(4,5)9-7-16/h10,13,16,19H,6-9,11-12H2,1-5H3. The molecular formula is C18H31NO2. The first kappa shape index (κ1) is 16.6. The fraction of sp³-hybridized carbons (Fsp3) is 0.778. The van der Waals surface area contributed by atoms with E-state index >= 15 is 0 Å². The van der Waals surface area contributed by atoms with Gasteiger partial charge in [0.1, 0.15) is 18.1 Å². The predicted octanol–water partition coefficient (Wildman–Crippen LogP) is 4.57. The van der Waals surface area contributed by atoms with E-state index in [4.69, 9.17) is 9.15 Å². The Kier molecular flexibility index (Phi) is 5.50. The molecule has 0 unspecified atom stereocenters. The van der Waals surface area contributed by atoms with Gasteiger partial charge >= 0.3 is 0 Å². The maximum atomic E-state index is 6.04. The average molecular weight is 293 g/mol. The van der Waals surface area contributed by atoms with Crippen molar-refractivity contribution in [2.45, 2.75) is 85.6 Å². The molecule has 21 heavy (non-hydrogen) atoms. The van der Waals surface area contributed by atoms with Gasteiger partial charge in [0.15, 0.2) is 0 Å². The van der Waals surface area contributed by atoms with E-state index in [0.29, 0.717) is 24.2 Å². The predicted molar refractivity (Wildman–Crippen MR) is 86.2 cm³/mol. The van der Waals surface area contributed by atoms with Crippen LogP contribution < -0.4 is 5.32 Å². The molecule has 0 aliphatic heterocycles. The summed E-state index contributed by atoms with van der Waals surface area (Å²) in [6, 6.07) is 2.63. The smallest absolute Gasteiger partial charge is 0.130 e. The quantitative estimate of drug-likeness (QED) is 0.834. The van der Waals surface area contributed by atoms with Gasteiger partial charge in [-0.3, -0.25) is 0 Å². The highest BCUT2D eigenvalue weighted by Crippen LogP contribution is 2.36. The molecule has 3 heteroatoms. The Hall–Kier alpha value is -0.800. The van der Waals surface area contributed by atoms with Crippen LogP contribution in [-0.2, 0) is 17.9 Å². The molecule has 1 saturated carbocycles. The zero-order valence-corrected chi connectivity index (χ0v) is 14.3. The van der Waals surface area contributed by atoms with Gasteiger partial charge in [-0.15, -0.1) is 0 Å². The van der Waals surface area contributed by atoms with E-state index in [1.807, 2.05) is 6.92 Å². The van der Waals surface area contributed by atoms with Gasteiger partial charge in [-0.25, -0.2) is 0 Å². The number of furan rings is 1. The highest BCUT2D eigenvalue weighted by Gasteiger charge is 2.27. The Bertz CT molecular complexity index is 438. The van der Waals surface area contributed by atoms with Crippen LogP contribution in [0, 0.1) is 12.3 Å². The van der Waals surface area contributed by atoms with Crippen LogP contribution in [0.15, 0.2) is 10.5 Å². The molecule has 1 N–H and O–H groups in total. The molecule has 120 valence electrons. The minimum atomic E-state index is 0.403. The van der Waals surface area contributed by atoms with Crippen molar-refractivity contribution < 1.29 is 9.15 Å². The zero-order chi connectivity index (χ0) is 15.5. The Morgan fingerprint density at radius 1 is 1.33 bits per heavy atom. The molecule has 0 aromatic carbocycles. The van der Waals surface area contributed by atoms with Gasteiger partial charge in [0, 0.05) is 18.2 Å².